The van der Waals surface area contributed by atoms with Crippen LogP contribution < -0.4 is 0 Å². The molecule has 0 spiro atoms. The average molecular weight is 339 g/mol. The Hall–Kier alpha value is 0.234. The minimum Gasteiger partial charge on any atom is -0.372 e. The lowest BCUT2D eigenvalue weighted by molar-refractivity contribution is 0.00422. The summed E-state index contributed by atoms with van der Waals surface area (Å²) in [5, 5.41) is 0. The van der Waals surface area contributed by atoms with E-state index >= 15 is 0 Å². The van der Waals surface area contributed by atoms with Crippen molar-refractivity contribution in [2.75, 3.05) is 0 Å². The van der Waals surface area contributed by atoms with Crippen molar-refractivity contribution < 1.29 is 21.8 Å². The summed E-state index contributed by atoms with van der Waals surface area (Å²) in [6.45, 7) is 19.6. The molecule has 5 nitrogen and oxygen atoms in total. The van der Waals surface area contributed by atoms with Crippen LogP contribution in [0.5, 0.6) is 0 Å². The van der Waals surface area contributed by atoms with E-state index in [0.717, 1.165) is 0 Å². The van der Waals surface area contributed by atoms with Crippen LogP contribution in [-0.4, -0.2) is 42.0 Å². The van der Waals surface area contributed by atoms with E-state index in [1.54, 1.807) is 0 Å². The van der Waals surface area contributed by atoms with Gasteiger partial charge in [-0.1, -0.05) is 0 Å². The summed E-state index contributed by atoms with van der Waals surface area (Å²) in [7, 11) is -5.67. The molecule has 0 saturated carbocycles. The molecule has 128 valence electrons. The standard InChI is InChI=1S/C14H34O5Si2/c1-11(2)15-20(9,16-12(3)4)19-21(10,17-13(5)6)18-14(7)8/h11-14H,1-10H3. The van der Waals surface area contributed by atoms with Crippen LogP contribution in [0.25, 0.3) is 0 Å². The number of hydrogen-bond acceptors (Lipinski definition) is 5. The van der Waals surface area contributed by atoms with Crippen molar-refractivity contribution in [3.63, 3.8) is 0 Å². The molecule has 0 aliphatic rings. The summed E-state index contributed by atoms with van der Waals surface area (Å²) in [6, 6.07) is 0. The van der Waals surface area contributed by atoms with E-state index in [-0.39, 0.29) is 24.4 Å². The van der Waals surface area contributed by atoms with Gasteiger partial charge in [0.25, 0.3) is 0 Å². The molecule has 0 fully saturated rings. The van der Waals surface area contributed by atoms with Crippen molar-refractivity contribution in [3.05, 3.63) is 0 Å². The molecule has 0 aromatic carbocycles. The molecule has 0 aromatic heterocycles. The first-order valence-corrected chi connectivity index (χ1v) is 12.2. The lowest BCUT2D eigenvalue weighted by atomic mass is 10.5. The zero-order valence-corrected chi connectivity index (χ0v) is 17.4. The molecule has 0 atom stereocenters. The maximum absolute atomic E-state index is 6.26. The molecule has 0 amide bonds. The minimum atomic E-state index is -2.83. The van der Waals surface area contributed by atoms with Gasteiger partial charge in [0.2, 0.25) is 0 Å². The molecule has 0 radical (unpaired) electrons. The van der Waals surface area contributed by atoms with E-state index in [4.69, 9.17) is 21.8 Å². The van der Waals surface area contributed by atoms with Crippen LogP contribution in [0.1, 0.15) is 55.4 Å². The van der Waals surface area contributed by atoms with Gasteiger partial charge in [-0.25, -0.2) is 0 Å². The van der Waals surface area contributed by atoms with Crippen molar-refractivity contribution in [2.24, 2.45) is 0 Å². The van der Waals surface area contributed by atoms with E-state index in [1.165, 1.54) is 0 Å². The fourth-order valence-corrected chi connectivity index (χ4v) is 9.20. The normalized spacial score (nSPS) is 14.0. The molecule has 0 N–H and O–H groups in total. The second-order valence-corrected chi connectivity index (χ2v) is 11.7. The predicted molar refractivity (Wildman–Crippen MR) is 89.2 cm³/mol. The van der Waals surface area contributed by atoms with Gasteiger partial charge in [0.15, 0.2) is 0 Å². The van der Waals surface area contributed by atoms with Crippen molar-refractivity contribution in [1.29, 1.82) is 0 Å². The second-order valence-electron chi connectivity index (χ2n) is 6.49. The zero-order valence-electron chi connectivity index (χ0n) is 15.4. The molecular formula is C14H34O5Si2. The molecule has 21 heavy (non-hydrogen) atoms. The second kappa shape index (κ2) is 8.76. The maximum Gasteiger partial charge on any atom is 0.490 e. The first-order valence-electron chi connectivity index (χ1n) is 7.79. The monoisotopic (exact) mass is 338 g/mol. The number of hydrogen-bond donors (Lipinski definition) is 0. The van der Waals surface area contributed by atoms with Crippen molar-refractivity contribution in [3.8, 4) is 0 Å². The Kier molecular flexibility index (Phi) is 8.86. The lowest BCUT2D eigenvalue weighted by Gasteiger charge is -2.38. The Balaban J connectivity index is 5.18. The highest BCUT2D eigenvalue weighted by molar-refractivity contribution is 6.73. The van der Waals surface area contributed by atoms with Crippen LogP contribution in [0.4, 0.5) is 0 Å². The molecule has 0 rings (SSSR count). The molecule has 7 heteroatoms. The van der Waals surface area contributed by atoms with Crippen molar-refractivity contribution >= 4 is 17.6 Å². The first kappa shape index (κ1) is 21.2. The van der Waals surface area contributed by atoms with E-state index in [9.17, 15) is 0 Å². The topological polar surface area (TPSA) is 46.2 Å². The lowest BCUT2D eigenvalue weighted by Crippen LogP contribution is -2.58. The van der Waals surface area contributed by atoms with Crippen molar-refractivity contribution in [1.82, 2.24) is 0 Å². The maximum atomic E-state index is 6.26. The third-order valence-electron chi connectivity index (χ3n) is 2.17. The van der Waals surface area contributed by atoms with Gasteiger partial charge in [0, 0.05) is 37.5 Å². The van der Waals surface area contributed by atoms with E-state index in [0.29, 0.717) is 0 Å². The largest absolute Gasteiger partial charge is 0.490 e. The Labute approximate surface area is 133 Å². The van der Waals surface area contributed by atoms with Crippen LogP contribution in [0.2, 0.25) is 13.1 Å². The highest BCUT2D eigenvalue weighted by Gasteiger charge is 2.49. The summed E-state index contributed by atoms with van der Waals surface area (Å²) >= 11 is 0. The van der Waals surface area contributed by atoms with E-state index < -0.39 is 17.6 Å². The molecule has 0 aliphatic carbocycles. The molecule has 0 saturated heterocycles. The van der Waals surface area contributed by atoms with Crippen LogP contribution in [0, 0.1) is 0 Å². The van der Waals surface area contributed by atoms with Crippen molar-refractivity contribution in [2.45, 2.75) is 92.9 Å². The van der Waals surface area contributed by atoms with Gasteiger partial charge >= 0.3 is 17.6 Å². The summed E-state index contributed by atoms with van der Waals surface area (Å²) in [5.74, 6) is 0. The average Bonchev–Trinajstić information content (AvgIpc) is 2.07. The first-order chi connectivity index (χ1) is 9.37. The van der Waals surface area contributed by atoms with Crippen LogP contribution >= 0.6 is 0 Å². The molecule has 0 aromatic rings. The minimum absolute atomic E-state index is 0.0248. The Morgan fingerprint density at radius 1 is 0.476 bits per heavy atom. The summed E-state index contributed by atoms with van der Waals surface area (Å²) < 4.78 is 30.2. The molecule has 0 bridgehead atoms. The van der Waals surface area contributed by atoms with Crippen LogP contribution in [0.15, 0.2) is 0 Å². The van der Waals surface area contributed by atoms with Gasteiger partial charge in [0.1, 0.15) is 0 Å². The zero-order chi connectivity index (χ0) is 16.8. The van der Waals surface area contributed by atoms with Crippen LogP contribution in [-0.2, 0) is 21.8 Å². The molecule has 0 aliphatic heterocycles. The molecular weight excluding hydrogens is 304 g/mol. The summed E-state index contributed by atoms with van der Waals surface area (Å²) in [5.41, 5.74) is 0. The number of rotatable bonds is 10. The van der Waals surface area contributed by atoms with Gasteiger partial charge in [-0.2, -0.15) is 0 Å². The third kappa shape index (κ3) is 9.77. The Bertz CT molecular complexity index is 247. The fourth-order valence-electron chi connectivity index (χ4n) is 2.20. The Morgan fingerprint density at radius 3 is 0.810 bits per heavy atom. The molecule has 0 unspecified atom stereocenters. The SMILES string of the molecule is CC(C)O[Si](C)(OC(C)C)O[Si](C)(OC(C)C)OC(C)C. The fraction of sp³-hybridized carbons (Fsp3) is 1.00. The van der Waals surface area contributed by atoms with Gasteiger partial charge in [-0.15, -0.1) is 0 Å². The third-order valence-corrected chi connectivity index (χ3v) is 8.73. The summed E-state index contributed by atoms with van der Waals surface area (Å²) in [4.78, 5) is 0. The Morgan fingerprint density at radius 2 is 0.667 bits per heavy atom. The van der Waals surface area contributed by atoms with Gasteiger partial charge < -0.3 is 21.8 Å². The van der Waals surface area contributed by atoms with Crippen LogP contribution in [0.3, 0.4) is 0 Å². The highest BCUT2D eigenvalue weighted by atomic mass is 28.5. The van der Waals surface area contributed by atoms with E-state index in [1.807, 2.05) is 68.5 Å². The van der Waals surface area contributed by atoms with E-state index in [2.05, 4.69) is 0 Å². The van der Waals surface area contributed by atoms with Gasteiger partial charge in [0.05, 0.1) is 0 Å². The molecule has 0 heterocycles. The van der Waals surface area contributed by atoms with Gasteiger partial charge in [-0.3, -0.25) is 0 Å². The van der Waals surface area contributed by atoms with Gasteiger partial charge in [-0.05, 0) is 55.4 Å². The smallest absolute Gasteiger partial charge is 0.372 e. The quantitative estimate of drug-likeness (QED) is 0.566. The summed E-state index contributed by atoms with van der Waals surface area (Å²) in [6.07, 6.45) is 0.0991. The predicted octanol–water partition coefficient (Wildman–Crippen LogP) is 3.84. The highest BCUT2D eigenvalue weighted by Crippen LogP contribution is 2.24.